The predicted molar refractivity (Wildman–Crippen MR) is 96.4 cm³/mol. The van der Waals surface area contributed by atoms with Gasteiger partial charge in [-0.25, -0.2) is 4.79 Å². The average molecular weight is 343 g/mol. The van der Waals surface area contributed by atoms with Crippen LogP contribution in [0.3, 0.4) is 0 Å². The van der Waals surface area contributed by atoms with Gasteiger partial charge in [0.05, 0.1) is 16.8 Å². The standard InChI is InChI=1S/C21H13NO4/c23-19-14-4-1-2-5-15(14)20(24)18-16(19)6-3-7-17(18)22-13-10-8-12(9-11-13)21(25)26/h1-11,22H,(H,25,26). The van der Waals surface area contributed by atoms with Gasteiger partial charge in [-0.3, -0.25) is 9.59 Å². The number of carboxylic acid groups (broad SMARTS) is 1. The fourth-order valence-corrected chi connectivity index (χ4v) is 3.10. The van der Waals surface area contributed by atoms with Crippen molar-refractivity contribution in [1.29, 1.82) is 0 Å². The second-order valence-electron chi connectivity index (χ2n) is 5.94. The van der Waals surface area contributed by atoms with Crippen molar-refractivity contribution in [2.45, 2.75) is 0 Å². The lowest BCUT2D eigenvalue weighted by molar-refractivity contribution is 0.0696. The van der Waals surface area contributed by atoms with Crippen molar-refractivity contribution < 1.29 is 19.5 Å². The highest BCUT2D eigenvalue weighted by molar-refractivity contribution is 6.30. The lowest BCUT2D eigenvalue weighted by Crippen LogP contribution is -2.22. The highest BCUT2D eigenvalue weighted by Crippen LogP contribution is 2.33. The molecule has 0 fully saturated rings. The molecule has 0 heterocycles. The van der Waals surface area contributed by atoms with Gasteiger partial charge in [0.2, 0.25) is 0 Å². The van der Waals surface area contributed by atoms with E-state index in [0.29, 0.717) is 33.6 Å². The van der Waals surface area contributed by atoms with Gasteiger partial charge in [-0.2, -0.15) is 0 Å². The maximum Gasteiger partial charge on any atom is 0.335 e. The van der Waals surface area contributed by atoms with Gasteiger partial charge >= 0.3 is 5.97 Å². The van der Waals surface area contributed by atoms with Gasteiger partial charge in [0.1, 0.15) is 0 Å². The molecule has 0 aliphatic heterocycles. The Labute approximate surface area is 148 Å². The molecule has 0 aromatic heterocycles. The quantitative estimate of drug-likeness (QED) is 0.589. The second kappa shape index (κ2) is 5.97. The van der Waals surface area contributed by atoms with Crippen LogP contribution in [0.1, 0.15) is 42.2 Å². The first-order valence-electron chi connectivity index (χ1n) is 7.98. The number of fused-ring (bicyclic) bond motifs is 2. The van der Waals surface area contributed by atoms with E-state index in [4.69, 9.17) is 5.11 Å². The third kappa shape index (κ3) is 2.46. The van der Waals surface area contributed by atoms with Gasteiger partial charge in [0, 0.05) is 22.4 Å². The summed E-state index contributed by atoms with van der Waals surface area (Å²) in [6.45, 7) is 0. The zero-order valence-electron chi connectivity index (χ0n) is 13.5. The Morgan fingerprint density at radius 3 is 2.00 bits per heavy atom. The molecule has 0 amide bonds. The van der Waals surface area contributed by atoms with Crippen molar-refractivity contribution in [3.63, 3.8) is 0 Å². The van der Waals surface area contributed by atoms with Gasteiger partial charge in [-0.15, -0.1) is 0 Å². The molecule has 4 rings (SSSR count). The third-order valence-electron chi connectivity index (χ3n) is 4.36. The summed E-state index contributed by atoms with van der Waals surface area (Å²) in [5.41, 5.74) is 2.81. The number of hydrogen-bond acceptors (Lipinski definition) is 4. The van der Waals surface area contributed by atoms with Gasteiger partial charge in [-0.1, -0.05) is 36.4 Å². The number of hydrogen-bond donors (Lipinski definition) is 2. The summed E-state index contributed by atoms with van der Waals surface area (Å²) in [5.74, 6) is -1.40. The van der Waals surface area contributed by atoms with Crippen molar-refractivity contribution in [2.75, 3.05) is 5.32 Å². The largest absolute Gasteiger partial charge is 0.478 e. The average Bonchev–Trinajstić information content (AvgIpc) is 2.66. The normalized spacial score (nSPS) is 12.3. The summed E-state index contributed by atoms with van der Waals surface area (Å²) in [6, 6.07) is 18.0. The highest BCUT2D eigenvalue weighted by atomic mass is 16.4. The molecule has 2 N–H and O–H groups in total. The van der Waals surface area contributed by atoms with Crippen LogP contribution in [0, 0.1) is 0 Å². The number of rotatable bonds is 3. The number of carbonyl (C=O) groups is 3. The van der Waals surface area contributed by atoms with Gasteiger partial charge in [-0.05, 0) is 30.3 Å². The molecular weight excluding hydrogens is 330 g/mol. The van der Waals surface area contributed by atoms with E-state index >= 15 is 0 Å². The van der Waals surface area contributed by atoms with Crippen molar-refractivity contribution >= 4 is 28.9 Å². The Bertz CT molecular complexity index is 1070. The van der Waals surface area contributed by atoms with Gasteiger partial charge < -0.3 is 10.4 Å². The Morgan fingerprint density at radius 2 is 1.35 bits per heavy atom. The van der Waals surface area contributed by atoms with E-state index in [1.54, 1.807) is 54.6 Å². The summed E-state index contributed by atoms with van der Waals surface area (Å²) in [5, 5.41) is 12.1. The fourth-order valence-electron chi connectivity index (χ4n) is 3.10. The topological polar surface area (TPSA) is 83.5 Å². The minimum absolute atomic E-state index is 0.172. The van der Waals surface area contributed by atoms with Crippen molar-refractivity contribution in [3.8, 4) is 0 Å². The third-order valence-corrected chi connectivity index (χ3v) is 4.36. The van der Waals surface area contributed by atoms with E-state index in [1.807, 2.05) is 0 Å². The molecule has 0 unspecified atom stereocenters. The molecule has 5 heteroatoms. The van der Waals surface area contributed by atoms with Crippen LogP contribution in [0.4, 0.5) is 11.4 Å². The molecule has 3 aromatic rings. The number of nitrogens with one attached hydrogen (secondary N) is 1. The number of aromatic carboxylic acids is 1. The molecule has 0 saturated carbocycles. The second-order valence-corrected chi connectivity index (χ2v) is 5.94. The van der Waals surface area contributed by atoms with Crippen LogP contribution >= 0.6 is 0 Å². The molecule has 0 spiro atoms. The van der Waals surface area contributed by atoms with Crippen LogP contribution in [0.25, 0.3) is 0 Å². The molecule has 0 bridgehead atoms. The van der Waals surface area contributed by atoms with E-state index < -0.39 is 5.97 Å². The molecule has 0 atom stereocenters. The minimum atomic E-state index is -1.01. The molecule has 0 radical (unpaired) electrons. The SMILES string of the molecule is O=C(O)c1ccc(Nc2cccc3c2C(=O)c2ccccc2C3=O)cc1. The molecule has 0 saturated heterocycles. The zero-order chi connectivity index (χ0) is 18.3. The Morgan fingerprint density at radius 1 is 0.731 bits per heavy atom. The van der Waals surface area contributed by atoms with Crippen LogP contribution in [0.2, 0.25) is 0 Å². The van der Waals surface area contributed by atoms with E-state index in [2.05, 4.69) is 5.32 Å². The smallest absolute Gasteiger partial charge is 0.335 e. The summed E-state index contributed by atoms with van der Waals surface area (Å²) in [6.07, 6.45) is 0. The van der Waals surface area contributed by atoms with Crippen LogP contribution in [-0.2, 0) is 0 Å². The Hall–Kier alpha value is -3.73. The van der Waals surface area contributed by atoms with E-state index in [0.717, 1.165) is 0 Å². The number of carbonyl (C=O) groups excluding carboxylic acids is 2. The molecule has 26 heavy (non-hydrogen) atoms. The van der Waals surface area contributed by atoms with Crippen molar-refractivity contribution in [1.82, 2.24) is 0 Å². The Balaban J connectivity index is 1.77. The number of carboxylic acids is 1. The van der Waals surface area contributed by atoms with Gasteiger partial charge in [0.25, 0.3) is 0 Å². The number of ketones is 2. The first-order valence-corrected chi connectivity index (χ1v) is 7.98. The van der Waals surface area contributed by atoms with Crippen LogP contribution in [0.15, 0.2) is 66.7 Å². The molecule has 5 nitrogen and oxygen atoms in total. The lowest BCUT2D eigenvalue weighted by Gasteiger charge is -2.20. The van der Waals surface area contributed by atoms with Crippen LogP contribution in [-0.4, -0.2) is 22.6 Å². The van der Waals surface area contributed by atoms with E-state index in [-0.39, 0.29) is 17.1 Å². The first-order chi connectivity index (χ1) is 12.6. The Kier molecular flexibility index (Phi) is 3.62. The molecule has 1 aliphatic rings. The predicted octanol–water partition coefficient (Wildman–Crippen LogP) is 3.90. The summed E-state index contributed by atoms with van der Waals surface area (Å²) < 4.78 is 0. The first kappa shape index (κ1) is 15.8. The van der Waals surface area contributed by atoms with Gasteiger partial charge in [0.15, 0.2) is 11.6 Å². The minimum Gasteiger partial charge on any atom is -0.478 e. The number of benzene rings is 3. The van der Waals surface area contributed by atoms with E-state index in [9.17, 15) is 14.4 Å². The highest BCUT2D eigenvalue weighted by Gasteiger charge is 2.31. The van der Waals surface area contributed by atoms with Crippen LogP contribution in [0.5, 0.6) is 0 Å². The van der Waals surface area contributed by atoms with Crippen molar-refractivity contribution in [2.24, 2.45) is 0 Å². The molecular formula is C21H13NO4. The van der Waals surface area contributed by atoms with Crippen LogP contribution < -0.4 is 5.32 Å². The monoisotopic (exact) mass is 343 g/mol. The van der Waals surface area contributed by atoms with E-state index in [1.165, 1.54) is 12.1 Å². The fraction of sp³-hybridized carbons (Fsp3) is 0. The molecule has 126 valence electrons. The lowest BCUT2D eigenvalue weighted by atomic mass is 9.83. The maximum atomic E-state index is 12.9. The number of anilines is 2. The summed E-state index contributed by atoms with van der Waals surface area (Å²) in [4.78, 5) is 36.6. The zero-order valence-corrected chi connectivity index (χ0v) is 13.5. The maximum absolute atomic E-state index is 12.9. The molecule has 1 aliphatic carbocycles. The van der Waals surface area contributed by atoms with Crippen molar-refractivity contribution in [3.05, 3.63) is 94.5 Å². The molecule has 3 aromatic carbocycles. The summed E-state index contributed by atoms with van der Waals surface area (Å²) >= 11 is 0. The summed E-state index contributed by atoms with van der Waals surface area (Å²) in [7, 11) is 0.